The summed E-state index contributed by atoms with van der Waals surface area (Å²) in [4.78, 5) is 10.7. The van der Waals surface area contributed by atoms with Gasteiger partial charge in [0.15, 0.2) is 0 Å². The Labute approximate surface area is 106 Å². The number of carboxylic acid groups (broad SMARTS) is 1. The second-order valence-electron chi connectivity index (χ2n) is 4.35. The van der Waals surface area contributed by atoms with Crippen molar-refractivity contribution >= 4 is 5.97 Å². The second kappa shape index (κ2) is 5.06. The summed E-state index contributed by atoms with van der Waals surface area (Å²) >= 11 is 0. The molecule has 0 saturated heterocycles. The molecule has 1 aromatic heterocycles. The van der Waals surface area contributed by atoms with Gasteiger partial charge in [0.2, 0.25) is 0 Å². The maximum atomic E-state index is 10.7. The molecule has 3 N–H and O–H groups in total. The van der Waals surface area contributed by atoms with Crippen molar-refractivity contribution in [2.75, 3.05) is 0 Å². The Morgan fingerprint density at radius 2 is 2.00 bits per heavy atom. The molecule has 2 aromatic rings. The van der Waals surface area contributed by atoms with Crippen molar-refractivity contribution in [3.8, 4) is 11.3 Å². The quantitative estimate of drug-likeness (QED) is 0.859. The number of nitrogens with two attached hydrogens (primary N) is 1. The Bertz CT molecular complexity index is 543. The molecule has 18 heavy (non-hydrogen) atoms. The molecule has 94 valence electrons. The van der Waals surface area contributed by atoms with Crippen LogP contribution in [0.5, 0.6) is 0 Å². The van der Waals surface area contributed by atoms with Gasteiger partial charge in [0.1, 0.15) is 6.04 Å². The number of aliphatic carboxylic acids is 1. The molecule has 4 nitrogen and oxygen atoms in total. The second-order valence-corrected chi connectivity index (χ2v) is 4.35. The van der Waals surface area contributed by atoms with Gasteiger partial charge in [-0.25, -0.2) is 0 Å². The molecule has 0 unspecified atom stereocenters. The molecule has 1 aromatic carbocycles. The lowest BCUT2D eigenvalue weighted by molar-refractivity contribution is -0.138. The predicted octanol–water partition coefficient (Wildman–Crippen LogP) is 1.65. The van der Waals surface area contributed by atoms with Crippen LogP contribution >= 0.6 is 0 Å². The number of carbonyl (C=O) groups is 1. The number of aromatic nitrogens is 1. The van der Waals surface area contributed by atoms with Crippen molar-refractivity contribution in [1.29, 1.82) is 0 Å². The number of aryl methyl sites for hydroxylation is 1. The number of rotatable bonds is 4. The fourth-order valence-electron chi connectivity index (χ4n) is 1.91. The van der Waals surface area contributed by atoms with Crippen LogP contribution in [0.4, 0.5) is 0 Å². The van der Waals surface area contributed by atoms with Gasteiger partial charge in [-0.2, -0.15) is 0 Å². The zero-order valence-electron chi connectivity index (χ0n) is 10.2. The molecule has 1 heterocycles. The van der Waals surface area contributed by atoms with Gasteiger partial charge in [-0.15, -0.1) is 0 Å². The van der Waals surface area contributed by atoms with E-state index in [1.807, 2.05) is 54.2 Å². The smallest absolute Gasteiger partial charge is 0.320 e. The van der Waals surface area contributed by atoms with E-state index in [4.69, 9.17) is 10.8 Å². The highest BCUT2D eigenvalue weighted by atomic mass is 16.4. The Morgan fingerprint density at radius 3 is 2.50 bits per heavy atom. The van der Waals surface area contributed by atoms with E-state index in [0.29, 0.717) is 6.42 Å². The van der Waals surface area contributed by atoms with Crippen molar-refractivity contribution in [2.24, 2.45) is 12.8 Å². The van der Waals surface area contributed by atoms with Gasteiger partial charge in [-0.05, 0) is 29.7 Å². The highest BCUT2D eigenvalue weighted by Gasteiger charge is 2.12. The van der Waals surface area contributed by atoms with Crippen LogP contribution in [0.3, 0.4) is 0 Å². The van der Waals surface area contributed by atoms with Gasteiger partial charge in [-0.3, -0.25) is 4.79 Å². The Balaban J connectivity index is 2.16. The van der Waals surface area contributed by atoms with Crippen LogP contribution in [-0.4, -0.2) is 21.7 Å². The van der Waals surface area contributed by atoms with Crippen molar-refractivity contribution in [1.82, 2.24) is 4.57 Å². The van der Waals surface area contributed by atoms with Crippen molar-refractivity contribution < 1.29 is 9.90 Å². The van der Waals surface area contributed by atoms with Crippen LogP contribution in [0.15, 0.2) is 42.6 Å². The van der Waals surface area contributed by atoms with Crippen LogP contribution in [0.1, 0.15) is 5.56 Å². The SMILES string of the molecule is Cn1cccc1-c1ccc(C[C@H](N)C(=O)O)cc1. The molecule has 0 radical (unpaired) electrons. The van der Waals surface area contributed by atoms with Gasteiger partial charge in [0.05, 0.1) is 0 Å². The standard InChI is InChI=1S/C14H16N2O2/c1-16-8-2-3-13(16)11-6-4-10(5-7-11)9-12(15)14(17)18/h2-8,12H,9,15H2,1H3,(H,17,18)/t12-/m0/s1. The fourth-order valence-corrected chi connectivity index (χ4v) is 1.91. The van der Waals surface area contributed by atoms with E-state index >= 15 is 0 Å². The zero-order chi connectivity index (χ0) is 13.1. The minimum atomic E-state index is -0.971. The summed E-state index contributed by atoms with van der Waals surface area (Å²) in [6.45, 7) is 0. The molecular formula is C14H16N2O2. The molecule has 0 spiro atoms. The average Bonchev–Trinajstić information content (AvgIpc) is 2.76. The normalized spacial score (nSPS) is 12.3. The maximum Gasteiger partial charge on any atom is 0.320 e. The van der Waals surface area contributed by atoms with Crippen LogP contribution in [0.2, 0.25) is 0 Å². The summed E-state index contributed by atoms with van der Waals surface area (Å²) in [7, 11) is 1.99. The third kappa shape index (κ3) is 2.60. The topological polar surface area (TPSA) is 68.2 Å². The highest BCUT2D eigenvalue weighted by Crippen LogP contribution is 2.20. The summed E-state index contributed by atoms with van der Waals surface area (Å²) < 4.78 is 2.04. The molecule has 2 rings (SSSR count). The number of hydrogen-bond donors (Lipinski definition) is 2. The van der Waals surface area contributed by atoms with E-state index in [2.05, 4.69) is 0 Å². The summed E-state index contributed by atoms with van der Waals surface area (Å²) in [6, 6.07) is 11.0. The molecule has 0 fully saturated rings. The molecule has 1 atom stereocenters. The Hall–Kier alpha value is -2.07. The van der Waals surface area contributed by atoms with Crippen molar-refractivity contribution in [2.45, 2.75) is 12.5 Å². The van der Waals surface area contributed by atoms with Crippen LogP contribution in [-0.2, 0) is 18.3 Å². The van der Waals surface area contributed by atoms with Gasteiger partial charge in [-0.1, -0.05) is 24.3 Å². The van der Waals surface area contributed by atoms with Crippen LogP contribution in [0, 0.1) is 0 Å². The maximum absolute atomic E-state index is 10.7. The third-order valence-electron chi connectivity index (χ3n) is 2.97. The summed E-state index contributed by atoms with van der Waals surface area (Å²) in [5.41, 5.74) is 8.67. The van der Waals surface area contributed by atoms with E-state index < -0.39 is 12.0 Å². The summed E-state index contributed by atoms with van der Waals surface area (Å²) in [5, 5.41) is 8.76. The first-order valence-corrected chi connectivity index (χ1v) is 5.77. The zero-order valence-corrected chi connectivity index (χ0v) is 10.2. The number of carboxylic acids is 1. The molecule has 0 saturated carbocycles. The number of hydrogen-bond acceptors (Lipinski definition) is 2. The predicted molar refractivity (Wildman–Crippen MR) is 70.2 cm³/mol. The Morgan fingerprint density at radius 1 is 1.33 bits per heavy atom. The van der Waals surface area contributed by atoms with E-state index in [9.17, 15) is 4.79 Å². The molecule has 0 aliphatic rings. The molecule has 0 aliphatic carbocycles. The molecule has 0 amide bonds. The molecule has 0 bridgehead atoms. The van der Waals surface area contributed by atoms with Gasteiger partial charge >= 0.3 is 5.97 Å². The minimum Gasteiger partial charge on any atom is -0.480 e. The number of benzene rings is 1. The Kier molecular flexibility index (Phi) is 3.48. The third-order valence-corrected chi connectivity index (χ3v) is 2.97. The first-order valence-electron chi connectivity index (χ1n) is 5.77. The first kappa shape index (κ1) is 12.4. The first-order chi connectivity index (χ1) is 8.58. The van der Waals surface area contributed by atoms with Crippen LogP contribution < -0.4 is 5.73 Å². The van der Waals surface area contributed by atoms with Gasteiger partial charge < -0.3 is 15.4 Å². The highest BCUT2D eigenvalue weighted by molar-refractivity contribution is 5.73. The van der Waals surface area contributed by atoms with Crippen LogP contribution in [0.25, 0.3) is 11.3 Å². The lowest BCUT2D eigenvalue weighted by Gasteiger charge is -2.08. The van der Waals surface area contributed by atoms with Gasteiger partial charge in [0, 0.05) is 18.9 Å². The summed E-state index contributed by atoms with van der Waals surface area (Å²) in [6.07, 6.45) is 2.34. The molecule has 0 aliphatic heterocycles. The van der Waals surface area contributed by atoms with Gasteiger partial charge in [0.25, 0.3) is 0 Å². The van der Waals surface area contributed by atoms with Crippen molar-refractivity contribution in [3.63, 3.8) is 0 Å². The molecule has 4 heteroatoms. The largest absolute Gasteiger partial charge is 0.480 e. The van der Waals surface area contributed by atoms with E-state index in [-0.39, 0.29) is 0 Å². The van der Waals surface area contributed by atoms with E-state index in [1.165, 1.54) is 0 Å². The van der Waals surface area contributed by atoms with E-state index in [1.54, 1.807) is 0 Å². The van der Waals surface area contributed by atoms with Crippen molar-refractivity contribution in [3.05, 3.63) is 48.2 Å². The fraction of sp³-hybridized carbons (Fsp3) is 0.214. The monoisotopic (exact) mass is 244 g/mol. The molecular weight excluding hydrogens is 228 g/mol. The number of nitrogens with zero attached hydrogens (tertiary/aromatic N) is 1. The lowest BCUT2D eigenvalue weighted by atomic mass is 10.0. The van der Waals surface area contributed by atoms with E-state index in [0.717, 1.165) is 16.8 Å². The summed E-state index contributed by atoms with van der Waals surface area (Å²) in [5.74, 6) is -0.971. The lowest BCUT2D eigenvalue weighted by Crippen LogP contribution is -2.32. The minimum absolute atomic E-state index is 0.350. The average molecular weight is 244 g/mol.